The molecule has 1 aromatic carbocycles. The summed E-state index contributed by atoms with van der Waals surface area (Å²) in [6.45, 7) is 3.35. The highest BCUT2D eigenvalue weighted by Gasteiger charge is 2.61. The van der Waals surface area contributed by atoms with Gasteiger partial charge < -0.3 is 4.74 Å². The van der Waals surface area contributed by atoms with Gasteiger partial charge >= 0.3 is 5.97 Å². The fourth-order valence-electron chi connectivity index (χ4n) is 3.18. The third-order valence-electron chi connectivity index (χ3n) is 4.80. The van der Waals surface area contributed by atoms with Gasteiger partial charge in [0, 0.05) is 11.6 Å². The van der Waals surface area contributed by atoms with Crippen molar-refractivity contribution in [2.45, 2.75) is 20.5 Å². The molecule has 1 saturated carbocycles. The molecule has 1 aliphatic carbocycles. The highest BCUT2D eigenvalue weighted by atomic mass is 16.5. The molecule has 0 spiro atoms. The minimum absolute atomic E-state index is 0.0477. The number of allylic oxidation sites excluding steroid dienone is 2. The molecule has 27 heavy (non-hydrogen) atoms. The molecular formula is C20H13N5O2. The van der Waals surface area contributed by atoms with E-state index >= 15 is 0 Å². The quantitative estimate of drug-likeness (QED) is 0.595. The number of hydrogen-bond donors (Lipinski definition) is 0. The molecule has 0 bridgehead atoms. The van der Waals surface area contributed by atoms with Gasteiger partial charge in [-0.05, 0) is 17.4 Å². The summed E-state index contributed by atoms with van der Waals surface area (Å²) in [4.78, 5) is 12.4. The van der Waals surface area contributed by atoms with E-state index < -0.39 is 18.5 Å². The fourth-order valence-corrected chi connectivity index (χ4v) is 3.18. The highest BCUT2D eigenvalue weighted by Crippen LogP contribution is 2.59. The van der Waals surface area contributed by atoms with Crippen LogP contribution in [0.4, 0.5) is 0 Å². The second kappa shape index (κ2) is 7.41. The summed E-state index contributed by atoms with van der Waals surface area (Å²) in [5.41, 5.74) is -0.603. The lowest BCUT2D eigenvalue weighted by Crippen LogP contribution is -2.13. The van der Waals surface area contributed by atoms with Crippen molar-refractivity contribution in [1.82, 2.24) is 0 Å². The highest BCUT2D eigenvalue weighted by molar-refractivity contribution is 5.78. The van der Waals surface area contributed by atoms with Gasteiger partial charge in [0.15, 0.2) is 0 Å². The Morgan fingerprint density at radius 3 is 2.07 bits per heavy atom. The van der Waals surface area contributed by atoms with Crippen LogP contribution in [0.3, 0.4) is 0 Å². The third kappa shape index (κ3) is 3.34. The van der Waals surface area contributed by atoms with Gasteiger partial charge in [-0.1, -0.05) is 19.9 Å². The molecule has 0 amide bonds. The van der Waals surface area contributed by atoms with Gasteiger partial charge in [0.2, 0.25) is 0 Å². The molecule has 1 aliphatic rings. The number of ether oxygens (including phenoxy) is 1. The Kier molecular flexibility index (Phi) is 5.27. The molecule has 0 aliphatic heterocycles. The molecule has 0 radical (unpaired) electrons. The van der Waals surface area contributed by atoms with Crippen molar-refractivity contribution in [3.8, 4) is 30.3 Å². The SMILES string of the molecule is CC1(C)C(C=CC#N)C1C(=O)OCc1c(C#N)c(C#N)cc(C#N)c1C#N. The van der Waals surface area contributed by atoms with Crippen molar-refractivity contribution in [3.63, 3.8) is 0 Å². The summed E-state index contributed by atoms with van der Waals surface area (Å²) in [6.07, 6.45) is 2.97. The molecule has 0 N–H and O–H groups in total. The minimum atomic E-state index is -0.527. The zero-order chi connectivity index (χ0) is 20.2. The second-order valence-electron chi connectivity index (χ2n) is 6.57. The van der Waals surface area contributed by atoms with E-state index in [9.17, 15) is 25.8 Å². The van der Waals surface area contributed by atoms with E-state index in [1.54, 1.807) is 6.08 Å². The lowest BCUT2D eigenvalue weighted by atomic mass is 9.94. The van der Waals surface area contributed by atoms with Crippen molar-refractivity contribution in [1.29, 1.82) is 26.3 Å². The van der Waals surface area contributed by atoms with Gasteiger partial charge in [-0.25, -0.2) is 0 Å². The lowest BCUT2D eigenvalue weighted by Gasteiger charge is -2.11. The first-order valence-electron chi connectivity index (χ1n) is 7.90. The smallest absolute Gasteiger partial charge is 0.310 e. The van der Waals surface area contributed by atoms with Crippen molar-refractivity contribution in [3.05, 3.63) is 46.0 Å². The van der Waals surface area contributed by atoms with E-state index in [1.807, 2.05) is 44.2 Å². The Bertz CT molecular complexity index is 999. The van der Waals surface area contributed by atoms with Gasteiger partial charge in [0.1, 0.15) is 30.9 Å². The second-order valence-corrected chi connectivity index (χ2v) is 6.57. The molecular weight excluding hydrogens is 342 g/mol. The van der Waals surface area contributed by atoms with Crippen LogP contribution in [0.25, 0.3) is 0 Å². The number of nitriles is 5. The molecule has 0 heterocycles. The van der Waals surface area contributed by atoms with Crippen molar-refractivity contribution in [2.24, 2.45) is 17.3 Å². The summed E-state index contributed by atoms with van der Waals surface area (Å²) in [5.74, 6) is -1.12. The van der Waals surface area contributed by atoms with Crippen LogP contribution in [0.15, 0.2) is 18.2 Å². The maximum Gasteiger partial charge on any atom is 0.310 e. The van der Waals surface area contributed by atoms with Gasteiger partial charge in [0.05, 0.1) is 34.2 Å². The van der Waals surface area contributed by atoms with Crippen LogP contribution < -0.4 is 0 Å². The Labute approximate surface area is 156 Å². The monoisotopic (exact) mass is 355 g/mol. The largest absolute Gasteiger partial charge is 0.460 e. The Morgan fingerprint density at radius 1 is 1.07 bits per heavy atom. The Hall–Kier alpha value is -4.12. The molecule has 0 aromatic heterocycles. The molecule has 0 saturated heterocycles. The summed E-state index contributed by atoms with van der Waals surface area (Å²) < 4.78 is 5.31. The van der Waals surface area contributed by atoms with E-state index in [0.717, 1.165) is 0 Å². The first kappa shape index (κ1) is 19.2. The van der Waals surface area contributed by atoms with Crippen LogP contribution in [-0.2, 0) is 16.1 Å². The van der Waals surface area contributed by atoms with E-state index in [0.29, 0.717) is 0 Å². The fraction of sp³-hybridized carbons (Fsp3) is 0.300. The van der Waals surface area contributed by atoms with E-state index in [1.165, 1.54) is 12.1 Å². The van der Waals surface area contributed by atoms with Gasteiger partial charge in [-0.15, -0.1) is 0 Å². The number of carbonyl (C=O) groups excluding carboxylic acids is 1. The predicted molar refractivity (Wildman–Crippen MR) is 90.6 cm³/mol. The standard InChI is InChI=1S/C20H13N5O2/c1-20(2)17(4-3-5-21)18(20)19(26)27-11-16-14(9-24)12(7-22)6-13(8-23)15(16)10-25/h3-4,6,17-18H,11H2,1-2H3. The molecule has 1 aromatic rings. The maximum absolute atomic E-state index is 12.4. The summed E-state index contributed by atoms with van der Waals surface area (Å²) >= 11 is 0. The summed E-state index contributed by atoms with van der Waals surface area (Å²) in [7, 11) is 0. The molecule has 2 rings (SSSR count). The lowest BCUT2D eigenvalue weighted by molar-refractivity contribution is -0.147. The zero-order valence-corrected chi connectivity index (χ0v) is 14.6. The van der Waals surface area contributed by atoms with Crippen LogP contribution in [0.2, 0.25) is 0 Å². The molecule has 2 atom stereocenters. The van der Waals surface area contributed by atoms with Crippen LogP contribution in [0.1, 0.15) is 41.7 Å². The third-order valence-corrected chi connectivity index (χ3v) is 4.80. The van der Waals surface area contributed by atoms with Gasteiger partial charge in [0.25, 0.3) is 0 Å². The number of esters is 1. The molecule has 7 heteroatoms. The van der Waals surface area contributed by atoms with Crippen LogP contribution in [-0.4, -0.2) is 5.97 Å². The first-order valence-corrected chi connectivity index (χ1v) is 7.90. The van der Waals surface area contributed by atoms with Gasteiger partial charge in [-0.3, -0.25) is 4.79 Å². The number of nitrogens with zero attached hydrogens (tertiary/aromatic N) is 5. The molecule has 1 fully saturated rings. The van der Waals surface area contributed by atoms with Gasteiger partial charge in [-0.2, -0.15) is 26.3 Å². The van der Waals surface area contributed by atoms with Crippen molar-refractivity contribution in [2.75, 3.05) is 0 Å². The Morgan fingerprint density at radius 2 is 1.63 bits per heavy atom. The number of hydrogen-bond acceptors (Lipinski definition) is 7. The van der Waals surface area contributed by atoms with Crippen LogP contribution in [0, 0.1) is 73.9 Å². The number of carbonyl (C=O) groups is 1. The van der Waals surface area contributed by atoms with E-state index in [4.69, 9.17) is 10.00 Å². The molecule has 130 valence electrons. The number of benzene rings is 1. The average molecular weight is 355 g/mol. The summed E-state index contributed by atoms with van der Waals surface area (Å²) in [6, 6.07) is 10.4. The zero-order valence-electron chi connectivity index (χ0n) is 14.6. The normalized spacial score (nSPS) is 19.0. The van der Waals surface area contributed by atoms with Crippen molar-refractivity contribution >= 4 is 5.97 Å². The molecule has 2 unspecified atom stereocenters. The van der Waals surface area contributed by atoms with Crippen LogP contribution in [0.5, 0.6) is 0 Å². The van der Waals surface area contributed by atoms with E-state index in [2.05, 4.69) is 0 Å². The van der Waals surface area contributed by atoms with Crippen LogP contribution >= 0.6 is 0 Å². The maximum atomic E-state index is 12.4. The average Bonchev–Trinajstić information content (AvgIpc) is 3.22. The van der Waals surface area contributed by atoms with E-state index in [-0.39, 0.29) is 39.2 Å². The summed E-state index contributed by atoms with van der Waals surface area (Å²) in [5, 5.41) is 45.7. The molecule has 7 nitrogen and oxygen atoms in total. The Balaban J connectivity index is 2.33. The number of rotatable bonds is 4. The van der Waals surface area contributed by atoms with Crippen molar-refractivity contribution < 1.29 is 9.53 Å². The minimum Gasteiger partial charge on any atom is -0.460 e. The predicted octanol–water partition coefficient (Wildman–Crippen LogP) is 2.57. The first-order chi connectivity index (χ1) is 12.9. The topological polar surface area (TPSA) is 145 Å².